The van der Waals surface area contributed by atoms with Crippen LogP contribution < -0.4 is 0 Å². The predicted molar refractivity (Wildman–Crippen MR) is 34.9 cm³/mol. The van der Waals surface area contributed by atoms with Gasteiger partial charge >= 0.3 is 5.97 Å². The number of aliphatic carboxylic acids is 1. The second-order valence-corrected chi connectivity index (χ2v) is 2.21. The smallest absolute Gasteiger partial charge is 0.343 e. The molecule has 0 bridgehead atoms. The summed E-state index contributed by atoms with van der Waals surface area (Å²) in [5.74, 6) is -1.49. The van der Waals surface area contributed by atoms with Crippen LogP contribution in [0.1, 0.15) is 17.3 Å². The lowest BCUT2D eigenvalue weighted by Crippen LogP contribution is -2.05. The molecule has 0 aromatic carbocycles. The van der Waals surface area contributed by atoms with Crippen molar-refractivity contribution in [3.05, 3.63) is 23.7 Å². The quantitative estimate of drug-likeness (QED) is 0.712. The normalized spacial score (nSPS) is 12.9. The van der Waals surface area contributed by atoms with Gasteiger partial charge in [-0.3, -0.25) is 0 Å². The number of furan rings is 1. The maximum Gasteiger partial charge on any atom is 0.343 e. The number of halogens is 1. The van der Waals surface area contributed by atoms with E-state index < -0.39 is 12.1 Å². The molecule has 1 heterocycles. The zero-order valence-corrected chi connectivity index (χ0v) is 5.87. The molecule has 1 atom stereocenters. The maximum atomic E-state index is 12.7. The monoisotopic (exact) mass is 158 g/mol. The van der Waals surface area contributed by atoms with E-state index in [9.17, 15) is 9.18 Å². The average Bonchev–Trinajstić information content (AvgIpc) is 2.33. The van der Waals surface area contributed by atoms with Crippen LogP contribution in [0.3, 0.4) is 0 Å². The van der Waals surface area contributed by atoms with E-state index in [0.29, 0.717) is 5.56 Å². The molecule has 1 unspecified atom stereocenters. The van der Waals surface area contributed by atoms with Gasteiger partial charge in [-0.2, -0.15) is 0 Å². The van der Waals surface area contributed by atoms with Gasteiger partial charge in [-0.1, -0.05) is 0 Å². The molecule has 0 saturated heterocycles. The van der Waals surface area contributed by atoms with Gasteiger partial charge < -0.3 is 9.52 Å². The molecule has 4 heteroatoms. The Morgan fingerprint density at radius 1 is 1.73 bits per heavy atom. The number of hydrogen-bond donors (Lipinski definition) is 1. The third-order valence-electron chi connectivity index (χ3n) is 1.39. The Bertz CT molecular complexity index is 266. The average molecular weight is 158 g/mol. The highest BCUT2D eigenvalue weighted by Gasteiger charge is 2.21. The van der Waals surface area contributed by atoms with Crippen molar-refractivity contribution < 1.29 is 18.7 Å². The third-order valence-corrected chi connectivity index (χ3v) is 1.39. The number of carbonyl (C=O) groups is 1. The van der Waals surface area contributed by atoms with Crippen molar-refractivity contribution in [3.63, 3.8) is 0 Å². The molecule has 0 aliphatic heterocycles. The SMILES string of the molecule is Cc1cocc1C(F)C(=O)O. The highest BCUT2D eigenvalue weighted by Crippen LogP contribution is 2.21. The van der Waals surface area contributed by atoms with E-state index in [1.54, 1.807) is 6.92 Å². The van der Waals surface area contributed by atoms with Crippen LogP contribution in [0.4, 0.5) is 4.39 Å². The van der Waals surface area contributed by atoms with Gasteiger partial charge in [0, 0.05) is 5.56 Å². The lowest BCUT2D eigenvalue weighted by molar-refractivity contribution is -0.143. The predicted octanol–water partition coefficient (Wildman–Crippen LogP) is 1.68. The highest BCUT2D eigenvalue weighted by molar-refractivity contribution is 5.74. The summed E-state index contributed by atoms with van der Waals surface area (Å²) in [5, 5.41) is 8.26. The summed E-state index contributed by atoms with van der Waals surface area (Å²) in [6, 6.07) is 0. The van der Waals surface area contributed by atoms with Crippen molar-refractivity contribution in [1.82, 2.24) is 0 Å². The van der Waals surface area contributed by atoms with Gasteiger partial charge in [0.1, 0.15) is 0 Å². The first-order chi connectivity index (χ1) is 5.13. The summed E-state index contributed by atoms with van der Waals surface area (Å²) >= 11 is 0. The summed E-state index contributed by atoms with van der Waals surface area (Å²) < 4.78 is 17.3. The Kier molecular flexibility index (Phi) is 1.94. The lowest BCUT2D eigenvalue weighted by Gasteiger charge is -1.98. The van der Waals surface area contributed by atoms with E-state index in [1.807, 2.05) is 0 Å². The molecule has 0 spiro atoms. The van der Waals surface area contributed by atoms with E-state index in [4.69, 9.17) is 5.11 Å². The Hall–Kier alpha value is -1.32. The van der Waals surface area contributed by atoms with Gasteiger partial charge in [-0.05, 0) is 12.5 Å². The molecule has 1 N–H and O–H groups in total. The van der Waals surface area contributed by atoms with E-state index in [0.717, 1.165) is 6.26 Å². The van der Waals surface area contributed by atoms with Gasteiger partial charge in [-0.15, -0.1) is 0 Å². The molecule has 0 radical (unpaired) electrons. The molecule has 0 aliphatic rings. The zero-order chi connectivity index (χ0) is 8.43. The highest BCUT2D eigenvalue weighted by atomic mass is 19.1. The van der Waals surface area contributed by atoms with Gasteiger partial charge in [-0.25, -0.2) is 9.18 Å². The molecule has 11 heavy (non-hydrogen) atoms. The fourth-order valence-corrected chi connectivity index (χ4v) is 0.763. The van der Waals surface area contributed by atoms with Crippen molar-refractivity contribution in [3.8, 4) is 0 Å². The van der Waals surface area contributed by atoms with Gasteiger partial charge in [0.05, 0.1) is 12.5 Å². The van der Waals surface area contributed by atoms with Crippen molar-refractivity contribution in [2.45, 2.75) is 13.1 Å². The van der Waals surface area contributed by atoms with Crippen LogP contribution in [0.2, 0.25) is 0 Å². The minimum absolute atomic E-state index is 0.0810. The van der Waals surface area contributed by atoms with Crippen LogP contribution in [0, 0.1) is 6.92 Å². The van der Waals surface area contributed by atoms with Crippen molar-refractivity contribution in [2.24, 2.45) is 0 Å². The van der Waals surface area contributed by atoms with Crippen LogP contribution in [-0.4, -0.2) is 11.1 Å². The largest absolute Gasteiger partial charge is 0.479 e. The number of carboxylic acids is 1. The molecule has 1 aromatic rings. The molecule has 60 valence electrons. The zero-order valence-electron chi connectivity index (χ0n) is 5.87. The summed E-state index contributed by atoms with van der Waals surface area (Å²) in [6.07, 6.45) is 0.438. The Labute approximate surface area is 62.4 Å². The van der Waals surface area contributed by atoms with Crippen LogP contribution in [0.15, 0.2) is 16.9 Å². The van der Waals surface area contributed by atoms with Crippen LogP contribution >= 0.6 is 0 Å². The molecule has 3 nitrogen and oxygen atoms in total. The standard InChI is InChI=1S/C7H7FO3/c1-4-2-11-3-5(4)6(8)7(9)10/h2-3,6H,1H3,(H,9,10). The van der Waals surface area contributed by atoms with E-state index in [2.05, 4.69) is 4.42 Å². The molecule has 0 saturated carbocycles. The maximum absolute atomic E-state index is 12.7. The van der Waals surface area contributed by atoms with E-state index in [1.165, 1.54) is 6.26 Å². The summed E-state index contributed by atoms with van der Waals surface area (Å²) in [6.45, 7) is 1.59. The summed E-state index contributed by atoms with van der Waals surface area (Å²) in [7, 11) is 0. The third kappa shape index (κ3) is 1.39. The molecule has 1 rings (SSSR count). The molecular weight excluding hydrogens is 151 g/mol. The number of alkyl halides is 1. The Balaban J connectivity index is 2.92. The lowest BCUT2D eigenvalue weighted by atomic mass is 10.1. The van der Waals surface area contributed by atoms with Crippen molar-refractivity contribution in [1.29, 1.82) is 0 Å². The molecule has 0 amide bonds. The summed E-state index contributed by atoms with van der Waals surface area (Å²) in [5.41, 5.74) is 0.595. The first-order valence-electron chi connectivity index (χ1n) is 3.02. The molecular formula is C7H7FO3. The van der Waals surface area contributed by atoms with Crippen molar-refractivity contribution >= 4 is 5.97 Å². The Morgan fingerprint density at radius 3 is 2.73 bits per heavy atom. The van der Waals surface area contributed by atoms with Gasteiger partial charge in [0.15, 0.2) is 0 Å². The van der Waals surface area contributed by atoms with Crippen molar-refractivity contribution in [2.75, 3.05) is 0 Å². The Morgan fingerprint density at radius 2 is 2.36 bits per heavy atom. The van der Waals surface area contributed by atoms with Crippen LogP contribution in [0.5, 0.6) is 0 Å². The summed E-state index contributed by atoms with van der Waals surface area (Å²) in [4.78, 5) is 10.1. The number of aryl methyl sites for hydroxylation is 1. The van der Waals surface area contributed by atoms with Gasteiger partial charge in [0.2, 0.25) is 6.17 Å². The van der Waals surface area contributed by atoms with Gasteiger partial charge in [0.25, 0.3) is 0 Å². The first-order valence-corrected chi connectivity index (χ1v) is 3.02. The molecule has 0 fully saturated rings. The first kappa shape index (κ1) is 7.78. The second kappa shape index (κ2) is 2.74. The fraction of sp³-hybridized carbons (Fsp3) is 0.286. The second-order valence-electron chi connectivity index (χ2n) is 2.21. The van der Waals surface area contributed by atoms with E-state index >= 15 is 0 Å². The fourth-order valence-electron chi connectivity index (χ4n) is 0.763. The topological polar surface area (TPSA) is 50.4 Å². The molecule has 1 aromatic heterocycles. The molecule has 0 aliphatic carbocycles. The number of carboxylic acid groups (broad SMARTS) is 1. The van der Waals surface area contributed by atoms with Crippen LogP contribution in [0.25, 0.3) is 0 Å². The van der Waals surface area contributed by atoms with Crippen LogP contribution in [-0.2, 0) is 4.79 Å². The minimum Gasteiger partial charge on any atom is -0.479 e. The number of hydrogen-bond acceptors (Lipinski definition) is 2. The van der Waals surface area contributed by atoms with E-state index in [-0.39, 0.29) is 5.56 Å². The number of rotatable bonds is 2. The minimum atomic E-state index is -1.98.